The molecule has 59 heavy (non-hydrogen) atoms. The molecule has 276 valence electrons. The summed E-state index contributed by atoms with van der Waals surface area (Å²) in [5.74, 6) is 0. The molecule has 10 aromatic carbocycles. The number of benzene rings is 10. The average Bonchev–Trinajstić information content (AvgIpc) is 3.88. The minimum atomic E-state index is 0.859. The van der Waals surface area contributed by atoms with Crippen molar-refractivity contribution in [1.29, 1.82) is 0 Å². The first-order valence-corrected chi connectivity index (χ1v) is 20.9. The van der Waals surface area contributed by atoms with Crippen molar-refractivity contribution in [1.82, 2.24) is 0 Å². The highest BCUT2D eigenvalue weighted by atomic mass is 32.1. The number of thiophene rings is 1. The minimum Gasteiger partial charge on any atom is -0.456 e. The van der Waals surface area contributed by atoms with Gasteiger partial charge in [0.2, 0.25) is 0 Å². The maximum absolute atomic E-state index is 6.55. The van der Waals surface area contributed by atoms with Crippen LogP contribution >= 0.6 is 11.3 Å². The maximum atomic E-state index is 6.55. The van der Waals surface area contributed by atoms with Gasteiger partial charge in [0.05, 0.1) is 5.69 Å². The van der Waals surface area contributed by atoms with E-state index in [1.165, 1.54) is 64.0 Å². The summed E-state index contributed by atoms with van der Waals surface area (Å²) in [7, 11) is 0. The molecule has 2 nitrogen and oxygen atoms in total. The molecule has 0 aliphatic carbocycles. The van der Waals surface area contributed by atoms with E-state index in [1.807, 2.05) is 17.4 Å². The van der Waals surface area contributed by atoms with Gasteiger partial charge in [0, 0.05) is 53.9 Å². The summed E-state index contributed by atoms with van der Waals surface area (Å²) in [6.45, 7) is 0. The van der Waals surface area contributed by atoms with Gasteiger partial charge in [-0.05, 0) is 91.8 Å². The summed E-state index contributed by atoms with van der Waals surface area (Å²) in [6.07, 6.45) is 0. The van der Waals surface area contributed by atoms with E-state index in [4.69, 9.17) is 4.42 Å². The van der Waals surface area contributed by atoms with E-state index in [0.29, 0.717) is 0 Å². The molecule has 12 aromatic rings. The van der Waals surface area contributed by atoms with Crippen LogP contribution in [0.3, 0.4) is 0 Å². The fourth-order valence-electron chi connectivity index (χ4n) is 9.21. The third-order valence-electron chi connectivity index (χ3n) is 11.8. The molecule has 0 N–H and O–H groups in total. The first kappa shape index (κ1) is 33.7. The molecule has 0 bridgehead atoms. The lowest BCUT2D eigenvalue weighted by atomic mass is 9.89. The van der Waals surface area contributed by atoms with Crippen molar-refractivity contribution >= 4 is 92.1 Å². The molecule has 0 amide bonds. The molecule has 3 heteroatoms. The molecule has 0 aliphatic heterocycles. The SMILES string of the molecule is c1ccc(-c2c(-c3cccc4sc5c6ccccc6ccc5c34)cccc2N(c2cccc(-c3cccc4ccccc34)c2)c2ccc3c(c2)oc2ccccc23)cc1. The van der Waals surface area contributed by atoms with Crippen molar-refractivity contribution in [3.05, 3.63) is 212 Å². The highest BCUT2D eigenvalue weighted by molar-refractivity contribution is 7.26. The number of fused-ring (bicyclic) bond motifs is 9. The molecule has 0 fully saturated rings. The van der Waals surface area contributed by atoms with Crippen molar-refractivity contribution in [2.75, 3.05) is 4.90 Å². The van der Waals surface area contributed by atoms with Crippen molar-refractivity contribution in [3.63, 3.8) is 0 Å². The Morgan fingerprint density at radius 1 is 0.373 bits per heavy atom. The zero-order valence-corrected chi connectivity index (χ0v) is 32.8. The number of rotatable bonds is 6. The van der Waals surface area contributed by atoms with Crippen LogP contribution in [0.4, 0.5) is 17.1 Å². The Bertz CT molecular complexity index is 3570. The van der Waals surface area contributed by atoms with Crippen LogP contribution in [0.5, 0.6) is 0 Å². The predicted molar refractivity (Wildman–Crippen MR) is 253 cm³/mol. The first-order valence-electron chi connectivity index (χ1n) is 20.1. The smallest absolute Gasteiger partial charge is 0.137 e. The Labute approximate surface area is 345 Å². The molecule has 2 aromatic heterocycles. The number of hydrogen-bond acceptors (Lipinski definition) is 3. The largest absolute Gasteiger partial charge is 0.456 e. The average molecular weight is 770 g/mol. The van der Waals surface area contributed by atoms with Crippen LogP contribution in [0, 0.1) is 0 Å². The molecule has 0 aliphatic rings. The van der Waals surface area contributed by atoms with Gasteiger partial charge in [-0.1, -0.05) is 164 Å². The highest BCUT2D eigenvalue weighted by Gasteiger charge is 2.24. The first-order chi connectivity index (χ1) is 29.3. The third kappa shape index (κ3) is 5.47. The number of hydrogen-bond donors (Lipinski definition) is 0. The summed E-state index contributed by atoms with van der Waals surface area (Å²) < 4.78 is 9.16. The zero-order chi connectivity index (χ0) is 38.9. The Morgan fingerprint density at radius 2 is 1.00 bits per heavy atom. The van der Waals surface area contributed by atoms with Crippen LogP contribution in [0.15, 0.2) is 217 Å². The van der Waals surface area contributed by atoms with Crippen LogP contribution in [0.1, 0.15) is 0 Å². The molecule has 0 saturated carbocycles. The van der Waals surface area contributed by atoms with E-state index in [9.17, 15) is 0 Å². The molecule has 12 rings (SSSR count). The van der Waals surface area contributed by atoms with E-state index < -0.39 is 0 Å². The van der Waals surface area contributed by atoms with Crippen LogP contribution in [0.25, 0.3) is 97.0 Å². The second-order valence-corrected chi connectivity index (χ2v) is 16.3. The molecule has 0 saturated heterocycles. The molecule has 2 heterocycles. The normalized spacial score (nSPS) is 11.7. The van der Waals surface area contributed by atoms with E-state index in [2.05, 4.69) is 211 Å². The van der Waals surface area contributed by atoms with E-state index in [-0.39, 0.29) is 0 Å². The third-order valence-corrected chi connectivity index (χ3v) is 13.1. The van der Waals surface area contributed by atoms with E-state index >= 15 is 0 Å². The topological polar surface area (TPSA) is 16.4 Å². The van der Waals surface area contributed by atoms with Gasteiger partial charge in [0.1, 0.15) is 11.2 Å². The molecular formula is C56H35NOS. The predicted octanol–water partition coefficient (Wildman–Crippen LogP) is 16.7. The van der Waals surface area contributed by atoms with Gasteiger partial charge in [0.15, 0.2) is 0 Å². The maximum Gasteiger partial charge on any atom is 0.137 e. The quantitative estimate of drug-likeness (QED) is 0.167. The molecule has 0 unspecified atom stereocenters. The number of nitrogens with zero attached hydrogens (tertiary/aromatic N) is 1. The summed E-state index contributed by atoms with van der Waals surface area (Å²) in [6, 6.07) is 77.0. The minimum absolute atomic E-state index is 0.859. The van der Waals surface area contributed by atoms with Gasteiger partial charge in [0.25, 0.3) is 0 Å². The fourth-order valence-corrected chi connectivity index (χ4v) is 10.5. The van der Waals surface area contributed by atoms with Gasteiger partial charge in [-0.25, -0.2) is 0 Å². The zero-order valence-electron chi connectivity index (χ0n) is 32.0. The summed E-state index contributed by atoms with van der Waals surface area (Å²) in [5.41, 5.74) is 12.0. The second kappa shape index (κ2) is 13.6. The van der Waals surface area contributed by atoms with Gasteiger partial charge < -0.3 is 9.32 Å². The monoisotopic (exact) mass is 769 g/mol. The van der Waals surface area contributed by atoms with Crippen LogP contribution in [0.2, 0.25) is 0 Å². The molecule has 0 spiro atoms. The lowest BCUT2D eigenvalue weighted by Gasteiger charge is -2.30. The van der Waals surface area contributed by atoms with Gasteiger partial charge >= 0.3 is 0 Å². The summed E-state index contributed by atoms with van der Waals surface area (Å²) in [5, 5.41) is 9.83. The Balaban J connectivity index is 1.14. The Morgan fingerprint density at radius 3 is 1.90 bits per heavy atom. The van der Waals surface area contributed by atoms with Crippen LogP contribution in [-0.4, -0.2) is 0 Å². The standard InChI is InChI=1S/C56H35NOS/c1-2-16-38(17-3-1)54-47(48-26-13-29-53-55(48)49-32-30-37-15-5-7-22-44(37)56(49)59-53)25-12-27-50(54)57(41-31-33-46-45-23-8-9-28-51(45)58-52(46)35-41)40-20-10-19-39(34-40)43-24-11-18-36-14-4-6-21-42(36)43/h1-35H. The van der Waals surface area contributed by atoms with Crippen molar-refractivity contribution < 1.29 is 4.42 Å². The van der Waals surface area contributed by atoms with Gasteiger partial charge in [-0.2, -0.15) is 0 Å². The van der Waals surface area contributed by atoms with Gasteiger partial charge in [-0.15, -0.1) is 11.3 Å². The summed E-state index contributed by atoms with van der Waals surface area (Å²) >= 11 is 1.89. The number of anilines is 3. The second-order valence-electron chi connectivity index (χ2n) is 15.2. The van der Waals surface area contributed by atoms with Gasteiger partial charge in [-0.3, -0.25) is 0 Å². The number of furan rings is 1. The van der Waals surface area contributed by atoms with Crippen molar-refractivity contribution in [2.45, 2.75) is 0 Å². The lowest BCUT2D eigenvalue weighted by molar-refractivity contribution is 0.669. The van der Waals surface area contributed by atoms with Crippen molar-refractivity contribution in [2.24, 2.45) is 0 Å². The fraction of sp³-hybridized carbons (Fsp3) is 0. The highest BCUT2D eigenvalue weighted by Crippen LogP contribution is 2.50. The molecule has 0 radical (unpaired) electrons. The van der Waals surface area contributed by atoms with Crippen molar-refractivity contribution in [3.8, 4) is 33.4 Å². The number of para-hydroxylation sites is 1. The Kier molecular flexibility index (Phi) is 7.75. The van der Waals surface area contributed by atoms with E-state index in [0.717, 1.165) is 50.1 Å². The Hall–Kier alpha value is -7.46. The van der Waals surface area contributed by atoms with E-state index in [1.54, 1.807) is 0 Å². The van der Waals surface area contributed by atoms with Crippen LogP contribution < -0.4 is 4.90 Å². The lowest BCUT2D eigenvalue weighted by Crippen LogP contribution is -2.12. The van der Waals surface area contributed by atoms with Crippen LogP contribution in [-0.2, 0) is 0 Å². The molecular weight excluding hydrogens is 735 g/mol. The molecule has 0 atom stereocenters. The summed E-state index contributed by atoms with van der Waals surface area (Å²) in [4.78, 5) is 2.42.